The van der Waals surface area contributed by atoms with Crippen LogP contribution in [0.2, 0.25) is 0 Å². The number of piperidine rings is 1. The number of hydrogen-bond donors (Lipinski definition) is 1. The lowest BCUT2D eigenvalue weighted by Gasteiger charge is -2.36. The molecule has 0 radical (unpaired) electrons. The summed E-state index contributed by atoms with van der Waals surface area (Å²) in [5.74, 6) is 6.50. The van der Waals surface area contributed by atoms with E-state index in [1.165, 1.54) is 11.1 Å². The summed E-state index contributed by atoms with van der Waals surface area (Å²) in [5.41, 5.74) is 5.71. The highest BCUT2D eigenvalue weighted by atomic mass is 32.1. The number of piperazine rings is 1. The van der Waals surface area contributed by atoms with Gasteiger partial charge in [0.2, 0.25) is 11.8 Å². The maximum Gasteiger partial charge on any atom is 0.264 e. The number of aromatic nitrogens is 5. The van der Waals surface area contributed by atoms with E-state index in [2.05, 4.69) is 71.1 Å². The van der Waals surface area contributed by atoms with E-state index in [1.54, 1.807) is 23.5 Å². The SMILES string of the molecule is Cc1nnc2n1-c1sc(C#Cc3cnn(CCCN4CCN(c5cccc6c5C(=O)N(C5CCC(=O)NC5=O)C6=O)CC4)c3)c(Cc3ccccc3)c1COC2. The van der Waals surface area contributed by atoms with Crippen LogP contribution in [0, 0.1) is 18.8 Å². The average Bonchev–Trinajstić information content (AvgIpc) is 3.93. The molecule has 5 aromatic rings. The Hall–Kier alpha value is -5.95. The summed E-state index contributed by atoms with van der Waals surface area (Å²) in [6.45, 7) is 7.50. The van der Waals surface area contributed by atoms with Crippen LogP contribution in [0.15, 0.2) is 60.9 Å². The number of thiophene rings is 1. The van der Waals surface area contributed by atoms with Gasteiger partial charge in [0, 0.05) is 57.4 Å². The second-order valence-corrected chi connectivity index (χ2v) is 15.4. The van der Waals surface area contributed by atoms with E-state index in [-0.39, 0.29) is 12.8 Å². The van der Waals surface area contributed by atoms with Crippen LogP contribution in [0.1, 0.15) is 78.8 Å². The molecular formula is C41H39N9O5S. The van der Waals surface area contributed by atoms with Crippen LogP contribution in [-0.4, -0.2) is 96.7 Å². The van der Waals surface area contributed by atoms with Crippen molar-refractivity contribution in [3.8, 4) is 16.8 Å². The summed E-state index contributed by atoms with van der Waals surface area (Å²) >= 11 is 1.66. The Balaban J connectivity index is 0.827. The number of benzene rings is 2. The fourth-order valence-corrected chi connectivity index (χ4v) is 9.27. The van der Waals surface area contributed by atoms with Crippen molar-refractivity contribution in [3.63, 3.8) is 0 Å². The number of amides is 4. The third-order valence-corrected chi connectivity index (χ3v) is 12.0. The minimum absolute atomic E-state index is 0.0882. The summed E-state index contributed by atoms with van der Waals surface area (Å²) in [7, 11) is 0. The average molecular weight is 770 g/mol. The van der Waals surface area contributed by atoms with Crippen molar-refractivity contribution in [2.75, 3.05) is 37.6 Å². The molecule has 56 heavy (non-hydrogen) atoms. The number of ether oxygens (including phenoxy) is 1. The highest BCUT2D eigenvalue weighted by Crippen LogP contribution is 2.37. The van der Waals surface area contributed by atoms with Crippen LogP contribution in [0.25, 0.3) is 5.00 Å². The number of nitrogens with zero attached hydrogens (tertiary/aromatic N) is 8. The lowest BCUT2D eigenvalue weighted by Crippen LogP contribution is -2.54. The number of anilines is 1. The maximum absolute atomic E-state index is 13.6. The van der Waals surface area contributed by atoms with Crippen LogP contribution in [0.5, 0.6) is 0 Å². The van der Waals surface area contributed by atoms with Crippen molar-refractivity contribution in [2.45, 2.75) is 58.4 Å². The van der Waals surface area contributed by atoms with Crippen molar-refractivity contribution in [3.05, 3.63) is 111 Å². The summed E-state index contributed by atoms with van der Waals surface area (Å²) in [6.07, 6.45) is 5.69. The Labute approximate surface area is 327 Å². The Morgan fingerprint density at radius 1 is 0.929 bits per heavy atom. The number of carbonyl (C=O) groups is 4. The van der Waals surface area contributed by atoms with E-state index in [1.807, 2.05) is 36.1 Å². The summed E-state index contributed by atoms with van der Waals surface area (Å²) in [4.78, 5) is 57.7. The van der Waals surface area contributed by atoms with Gasteiger partial charge in [0.15, 0.2) is 5.82 Å². The molecule has 2 aromatic carbocycles. The molecule has 9 rings (SSSR count). The van der Waals surface area contributed by atoms with Crippen molar-refractivity contribution in [2.24, 2.45) is 0 Å². The first-order chi connectivity index (χ1) is 27.3. The number of fused-ring (bicyclic) bond motifs is 4. The predicted octanol–water partition coefficient (Wildman–Crippen LogP) is 3.47. The number of carbonyl (C=O) groups excluding carboxylic acids is 4. The van der Waals surface area contributed by atoms with Crippen molar-refractivity contribution >= 4 is 40.7 Å². The van der Waals surface area contributed by atoms with Crippen LogP contribution < -0.4 is 10.2 Å². The Morgan fingerprint density at radius 3 is 2.59 bits per heavy atom. The Bertz CT molecular complexity index is 2430. The van der Waals surface area contributed by atoms with Gasteiger partial charge in [0.1, 0.15) is 23.5 Å². The lowest BCUT2D eigenvalue weighted by molar-refractivity contribution is -0.136. The number of imide groups is 2. The predicted molar refractivity (Wildman–Crippen MR) is 206 cm³/mol. The normalized spacial score (nSPS) is 18.3. The van der Waals surface area contributed by atoms with Crippen LogP contribution in [-0.2, 0) is 40.5 Å². The third kappa shape index (κ3) is 6.69. The topological polar surface area (TPSA) is 148 Å². The molecule has 4 aliphatic rings. The van der Waals surface area contributed by atoms with Gasteiger partial charge in [0.05, 0.1) is 40.1 Å². The third-order valence-electron chi connectivity index (χ3n) is 10.9. The zero-order chi connectivity index (χ0) is 38.3. The molecule has 1 unspecified atom stereocenters. The molecular weight excluding hydrogens is 731 g/mol. The molecule has 0 saturated carbocycles. The molecule has 4 amide bonds. The van der Waals surface area contributed by atoms with E-state index in [4.69, 9.17) is 4.74 Å². The van der Waals surface area contributed by atoms with Crippen molar-refractivity contribution in [1.29, 1.82) is 0 Å². The van der Waals surface area contributed by atoms with E-state index in [9.17, 15) is 19.2 Å². The number of aryl methyl sites for hydroxylation is 2. The first kappa shape index (κ1) is 35.7. The second-order valence-electron chi connectivity index (χ2n) is 14.4. The fourth-order valence-electron chi connectivity index (χ4n) is 8.02. The Kier molecular flexibility index (Phi) is 9.54. The van der Waals surface area contributed by atoms with Gasteiger partial charge in [-0.1, -0.05) is 48.2 Å². The highest BCUT2D eigenvalue weighted by Gasteiger charge is 2.46. The molecule has 15 heteroatoms. The van der Waals surface area contributed by atoms with Crippen LogP contribution in [0.4, 0.5) is 5.69 Å². The molecule has 0 aliphatic carbocycles. The van der Waals surface area contributed by atoms with Crippen molar-refractivity contribution in [1.82, 2.24) is 39.7 Å². The van der Waals surface area contributed by atoms with Gasteiger partial charge in [0.25, 0.3) is 11.8 Å². The molecule has 1 atom stereocenters. The lowest BCUT2D eigenvalue weighted by atomic mass is 10.0. The quantitative estimate of drug-likeness (QED) is 0.184. The molecule has 0 spiro atoms. The zero-order valence-corrected chi connectivity index (χ0v) is 31.7. The van der Waals surface area contributed by atoms with E-state index in [0.717, 1.165) is 76.6 Å². The van der Waals surface area contributed by atoms with Gasteiger partial charge in [-0.3, -0.25) is 43.5 Å². The van der Waals surface area contributed by atoms with E-state index in [0.29, 0.717) is 43.1 Å². The molecule has 4 aliphatic heterocycles. The first-order valence-corrected chi connectivity index (χ1v) is 19.7. The number of nitrogens with one attached hydrogen (secondary N) is 1. The second kappa shape index (κ2) is 14.9. The zero-order valence-electron chi connectivity index (χ0n) is 30.9. The largest absolute Gasteiger partial charge is 0.369 e. The highest BCUT2D eigenvalue weighted by molar-refractivity contribution is 7.15. The molecule has 2 saturated heterocycles. The van der Waals surface area contributed by atoms with Gasteiger partial charge in [-0.15, -0.1) is 21.5 Å². The molecule has 3 aromatic heterocycles. The van der Waals surface area contributed by atoms with Crippen LogP contribution >= 0.6 is 11.3 Å². The fraction of sp³-hybridized carbons (Fsp3) is 0.341. The van der Waals surface area contributed by atoms with Gasteiger partial charge in [-0.25, -0.2) is 0 Å². The molecule has 0 bridgehead atoms. The minimum Gasteiger partial charge on any atom is -0.369 e. The summed E-state index contributed by atoms with van der Waals surface area (Å²) < 4.78 is 10.1. The first-order valence-electron chi connectivity index (χ1n) is 18.9. The molecule has 14 nitrogen and oxygen atoms in total. The molecule has 7 heterocycles. The maximum atomic E-state index is 13.6. The summed E-state index contributed by atoms with van der Waals surface area (Å²) in [5, 5.41) is 16.6. The van der Waals surface area contributed by atoms with Gasteiger partial charge >= 0.3 is 0 Å². The molecule has 1 N–H and O–H groups in total. The van der Waals surface area contributed by atoms with Crippen LogP contribution in [0.3, 0.4) is 0 Å². The van der Waals surface area contributed by atoms with E-state index < -0.39 is 29.7 Å². The molecule has 2 fully saturated rings. The standard InChI is InChI=1S/C41H39N9O5S/c1-26-44-45-35-25-55-24-31-30(21-27-7-3-2-4-8-27)34(56-41(31)49(26)35)13-11-28-22-42-48(23-28)16-6-15-46-17-19-47(20-18-46)32-10-5-9-29-37(32)40(54)50(39(29)53)33-12-14-36(51)43-38(33)52/h2-5,7-10,22-23,33H,6,12,14-21,24-25H2,1H3,(H,43,51,52). The van der Waals surface area contributed by atoms with E-state index >= 15 is 0 Å². The van der Waals surface area contributed by atoms with Gasteiger partial charge in [-0.2, -0.15) is 5.10 Å². The van der Waals surface area contributed by atoms with Gasteiger partial charge in [-0.05, 0) is 49.4 Å². The number of hydrogen-bond acceptors (Lipinski definition) is 11. The monoisotopic (exact) mass is 769 g/mol. The Morgan fingerprint density at radius 2 is 1.77 bits per heavy atom. The molecule has 284 valence electrons. The van der Waals surface area contributed by atoms with Crippen molar-refractivity contribution < 1.29 is 23.9 Å². The summed E-state index contributed by atoms with van der Waals surface area (Å²) in [6, 6.07) is 14.7. The smallest absolute Gasteiger partial charge is 0.264 e. The number of rotatable bonds is 8. The minimum atomic E-state index is -0.985. The van der Waals surface area contributed by atoms with Gasteiger partial charge < -0.3 is 9.64 Å².